The summed E-state index contributed by atoms with van der Waals surface area (Å²) in [6.07, 6.45) is 2.64. The molecule has 1 aliphatic carbocycles. The van der Waals surface area contributed by atoms with E-state index in [2.05, 4.69) is 36.5 Å². The van der Waals surface area contributed by atoms with Crippen molar-refractivity contribution in [2.24, 2.45) is 0 Å². The molecule has 0 unspecified atom stereocenters. The number of hydrogen-bond donors (Lipinski definition) is 1. The molecule has 2 aromatic rings. The van der Waals surface area contributed by atoms with Gasteiger partial charge in [0.2, 0.25) is 0 Å². The second-order valence-corrected chi connectivity index (χ2v) is 6.88. The van der Waals surface area contributed by atoms with Crippen molar-refractivity contribution in [2.45, 2.75) is 42.1 Å². The molecule has 1 aliphatic rings. The standard InChI is InChI=1S/C17H18ClNS/c1-12-5-8-17(13(9-12)11-19-15-6-7-15)20-16-4-2-3-14(18)10-16/h2-5,8-10,15,19H,6-7,11H2,1H3. The van der Waals surface area contributed by atoms with Crippen LogP contribution in [0, 0.1) is 6.92 Å². The summed E-state index contributed by atoms with van der Waals surface area (Å²) in [7, 11) is 0. The Morgan fingerprint density at radius 1 is 1.20 bits per heavy atom. The SMILES string of the molecule is Cc1ccc(Sc2cccc(Cl)c2)c(CNC2CC2)c1. The van der Waals surface area contributed by atoms with Crippen molar-refractivity contribution in [1.82, 2.24) is 5.32 Å². The molecule has 0 radical (unpaired) electrons. The van der Waals surface area contributed by atoms with Crippen LogP contribution >= 0.6 is 23.4 Å². The van der Waals surface area contributed by atoms with Gasteiger partial charge in [0.15, 0.2) is 0 Å². The molecule has 104 valence electrons. The third-order valence-corrected chi connectivity index (χ3v) is 4.74. The van der Waals surface area contributed by atoms with E-state index < -0.39 is 0 Å². The second kappa shape index (κ2) is 6.21. The highest BCUT2D eigenvalue weighted by atomic mass is 35.5. The summed E-state index contributed by atoms with van der Waals surface area (Å²) in [4.78, 5) is 2.50. The number of hydrogen-bond acceptors (Lipinski definition) is 2. The molecule has 1 nitrogen and oxygen atoms in total. The van der Waals surface area contributed by atoms with Gasteiger partial charge in [0.25, 0.3) is 0 Å². The predicted octanol–water partition coefficient (Wildman–Crippen LogP) is 5.05. The molecule has 0 bridgehead atoms. The number of nitrogens with one attached hydrogen (secondary N) is 1. The summed E-state index contributed by atoms with van der Waals surface area (Å²) in [5.41, 5.74) is 2.69. The average Bonchev–Trinajstić information content (AvgIpc) is 3.23. The van der Waals surface area contributed by atoms with Gasteiger partial charge in [-0.05, 0) is 49.6 Å². The van der Waals surface area contributed by atoms with Gasteiger partial charge in [0.1, 0.15) is 0 Å². The quantitative estimate of drug-likeness (QED) is 0.829. The predicted molar refractivity (Wildman–Crippen MR) is 86.6 cm³/mol. The third-order valence-electron chi connectivity index (χ3n) is 3.40. The van der Waals surface area contributed by atoms with Crippen LogP contribution in [0.5, 0.6) is 0 Å². The van der Waals surface area contributed by atoms with Crippen molar-refractivity contribution >= 4 is 23.4 Å². The Labute approximate surface area is 129 Å². The minimum Gasteiger partial charge on any atom is -0.310 e. The first-order chi connectivity index (χ1) is 9.70. The van der Waals surface area contributed by atoms with Gasteiger partial charge < -0.3 is 5.32 Å². The van der Waals surface area contributed by atoms with Gasteiger partial charge >= 0.3 is 0 Å². The molecule has 0 atom stereocenters. The van der Waals surface area contributed by atoms with Crippen LogP contribution in [-0.4, -0.2) is 6.04 Å². The van der Waals surface area contributed by atoms with Gasteiger partial charge in [-0.2, -0.15) is 0 Å². The van der Waals surface area contributed by atoms with E-state index in [-0.39, 0.29) is 0 Å². The van der Waals surface area contributed by atoms with Crippen molar-refractivity contribution in [3.63, 3.8) is 0 Å². The van der Waals surface area contributed by atoms with Crippen molar-refractivity contribution < 1.29 is 0 Å². The van der Waals surface area contributed by atoms with Gasteiger partial charge in [-0.1, -0.05) is 47.1 Å². The lowest BCUT2D eigenvalue weighted by Gasteiger charge is -2.11. The molecular weight excluding hydrogens is 286 g/mol. The van der Waals surface area contributed by atoms with E-state index in [1.54, 1.807) is 11.8 Å². The maximum absolute atomic E-state index is 6.06. The van der Waals surface area contributed by atoms with Crippen molar-refractivity contribution in [3.8, 4) is 0 Å². The van der Waals surface area contributed by atoms with Crippen LogP contribution in [0.1, 0.15) is 24.0 Å². The highest BCUT2D eigenvalue weighted by Crippen LogP contribution is 2.32. The zero-order chi connectivity index (χ0) is 13.9. The zero-order valence-electron chi connectivity index (χ0n) is 11.5. The molecule has 20 heavy (non-hydrogen) atoms. The van der Waals surface area contributed by atoms with E-state index in [1.807, 2.05) is 18.2 Å². The Kier molecular flexibility index (Phi) is 4.35. The van der Waals surface area contributed by atoms with Gasteiger partial charge in [-0.25, -0.2) is 0 Å². The monoisotopic (exact) mass is 303 g/mol. The highest BCUT2D eigenvalue weighted by molar-refractivity contribution is 7.99. The Hall–Kier alpha value is -0.960. The molecule has 2 aromatic carbocycles. The van der Waals surface area contributed by atoms with Crippen LogP contribution in [0.3, 0.4) is 0 Å². The fourth-order valence-corrected chi connectivity index (χ4v) is 3.38. The Morgan fingerprint density at radius 3 is 2.80 bits per heavy atom. The molecule has 0 spiro atoms. The summed E-state index contributed by atoms with van der Waals surface area (Å²) in [5.74, 6) is 0. The molecule has 1 fully saturated rings. The molecule has 0 aliphatic heterocycles. The number of benzene rings is 2. The average molecular weight is 304 g/mol. The molecule has 0 amide bonds. The van der Waals surface area contributed by atoms with Crippen LogP contribution in [0.4, 0.5) is 0 Å². The molecule has 1 N–H and O–H groups in total. The molecule has 3 rings (SSSR count). The van der Waals surface area contributed by atoms with Crippen LogP contribution < -0.4 is 5.32 Å². The smallest absolute Gasteiger partial charge is 0.0417 e. The summed E-state index contributed by atoms with van der Waals surface area (Å²) in [6.45, 7) is 3.10. The lowest BCUT2D eigenvalue weighted by Crippen LogP contribution is -2.15. The topological polar surface area (TPSA) is 12.0 Å². The van der Waals surface area contributed by atoms with Gasteiger partial charge in [-0.15, -0.1) is 0 Å². The molecule has 1 saturated carbocycles. The van der Waals surface area contributed by atoms with E-state index >= 15 is 0 Å². The van der Waals surface area contributed by atoms with E-state index in [4.69, 9.17) is 11.6 Å². The van der Waals surface area contributed by atoms with Gasteiger partial charge in [-0.3, -0.25) is 0 Å². The highest BCUT2D eigenvalue weighted by Gasteiger charge is 2.20. The molecule has 0 aromatic heterocycles. The molecular formula is C17H18ClNS. The van der Waals surface area contributed by atoms with E-state index in [9.17, 15) is 0 Å². The first-order valence-electron chi connectivity index (χ1n) is 6.97. The van der Waals surface area contributed by atoms with Crippen LogP contribution in [-0.2, 0) is 6.54 Å². The molecule has 0 saturated heterocycles. The fourth-order valence-electron chi connectivity index (χ4n) is 2.15. The summed E-state index contributed by atoms with van der Waals surface area (Å²) >= 11 is 7.85. The number of aryl methyl sites for hydroxylation is 1. The maximum atomic E-state index is 6.06. The first kappa shape index (κ1) is 14.0. The van der Waals surface area contributed by atoms with Crippen molar-refractivity contribution in [3.05, 3.63) is 58.6 Å². The summed E-state index contributed by atoms with van der Waals surface area (Å²) in [6, 6.07) is 15.4. The van der Waals surface area contributed by atoms with E-state index in [0.29, 0.717) is 0 Å². The van der Waals surface area contributed by atoms with Crippen LogP contribution in [0.25, 0.3) is 0 Å². The Bertz CT molecular complexity index is 608. The Morgan fingerprint density at radius 2 is 2.05 bits per heavy atom. The van der Waals surface area contributed by atoms with Gasteiger partial charge in [0.05, 0.1) is 0 Å². The molecule has 3 heteroatoms. The van der Waals surface area contributed by atoms with Gasteiger partial charge in [0, 0.05) is 27.4 Å². The summed E-state index contributed by atoms with van der Waals surface area (Å²) < 4.78 is 0. The fraction of sp³-hybridized carbons (Fsp3) is 0.294. The molecule has 0 heterocycles. The first-order valence-corrected chi connectivity index (χ1v) is 8.16. The van der Waals surface area contributed by atoms with E-state index in [1.165, 1.54) is 33.8 Å². The number of rotatable bonds is 5. The maximum Gasteiger partial charge on any atom is 0.0417 e. The minimum absolute atomic E-state index is 0.736. The number of halogens is 1. The zero-order valence-corrected chi connectivity index (χ0v) is 13.1. The largest absolute Gasteiger partial charge is 0.310 e. The third kappa shape index (κ3) is 3.78. The van der Waals surface area contributed by atoms with Crippen molar-refractivity contribution in [2.75, 3.05) is 0 Å². The van der Waals surface area contributed by atoms with E-state index in [0.717, 1.165) is 17.6 Å². The Balaban J connectivity index is 1.79. The normalized spacial score (nSPS) is 14.5. The lowest BCUT2D eigenvalue weighted by atomic mass is 10.1. The lowest BCUT2D eigenvalue weighted by molar-refractivity contribution is 0.680. The van der Waals surface area contributed by atoms with Crippen LogP contribution in [0.2, 0.25) is 5.02 Å². The van der Waals surface area contributed by atoms with Crippen LogP contribution in [0.15, 0.2) is 52.3 Å². The van der Waals surface area contributed by atoms with Crippen molar-refractivity contribution in [1.29, 1.82) is 0 Å². The second-order valence-electron chi connectivity index (χ2n) is 5.33. The summed E-state index contributed by atoms with van der Waals surface area (Å²) in [5, 5.41) is 4.39. The minimum atomic E-state index is 0.736.